The standard InChI is InChI=1S/C27H25NO3S/c1-28(2)24(30)10-6-7-18-11-13-19(14-12-18)26(31)25-22-16-15-21(29)17-23(22)32-27(25)20-8-4-3-5-9-20/h3-5,8-9,11-17,29H,6-7,10H2,1-2H3. The Bertz CT molecular complexity index is 1260. The van der Waals surface area contributed by atoms with Gasteiger partial charge in [0.25, 0.3) is 0 Å². The second-order valence-electron chi connectivity index (χ2n) is 8.02. The third kappa shape index (κ3) is 4.58. The van der Waals surface area contributed by atoms with Crippen LogP contribution in [-0.4, -0.2) is 35.8 Å². The minimum absolute atomic E-state index is 0.0323. The zero-order valence-electron chi connectivity index (χ0n) is 18.2. The highest BCUT2D eigenvalue weighted by Gasteiger charge is 2.21. The molecule has 4 rings (SSSR count). The Kier molecular flexibility index (Phi) is 6.37. The second kappa shape index (κ2) is 9.37. The van der Waals surface area contributed by atoms with E-state index in [1.165, 1.54) is 11.3 Å². The highest BCUT2D eigenvalue weighted by atomic mass is 32.1. The summed E-state index contributed by atoms with van der Waals surface area (Å²) in [7, 11) is 3.53. The molecule has 0 radical (unpaired) electrons. The molecule has 1 heterocycles. The van der Waals surface area contributed by atoms with Gasteiger partial charge < -0.3 is 10.0 Å². The van der Waals surface area contributed by atoms with E-state index in [1.807, 2.05) is 60.7 Å². The molecule has 1 amide bonds. The van der Waals surface area contributed by atoms with Crippen LogP contribution in [0.4, 0.5) is 0 Å². The van der Waals surface area contributed by atoms with Crippen LogP contribution in [0.3, 0.4) is 0 Å². The first-order valence-corrected chi connectivity index (χ1v) is 11.4. The number of benzene rings is 3. The number of hydrogen-bond acceptors (Lipinski definition) is 4. The number of fused-ring (bicyclic) bond motifs is 1. The fourth-order valence-electron chi connectivity index (χ4n) is 3.74. The van der Waals surface area contributed by atoms with Crippen molar-refractivity contribution in [1.82, 2.24) is 4.90 Å². The zero-order chi connectivity index (χ0) is 22.7. The Morgan fingerprint density at radius 1 is 0.938 bits per heavy atom. The van der Waals surface area contributed by atoms with Gasteiger partial charge >= 0.3 is 0 Å². The lowest BCUT2D eigenvalue weighted by atomic mass is 9.96. The molecule has 0 saturated carbocycles. The Labute approximate surface area is 191 Å². The number of phenols is 1. The van der Waals surface area contributed by atoms with Crippen LogP contribution in [0, 0.1) is 0 Å². The number of rotatable bonds is 7. The van der Waals surface area contributed by atoms with E-state index in [2.05, 4.69) is 0 Å². The minimum Gasteiger partial charge on any atom is -0.508 e. The van der Waals surface area contributed by atoms with E-state index in [-0.39, 0.29) is 17.4 Å². The van der Waals surface area contributed by atoms with Crippen molar-refractivity contribution in [3.63, 3.8) is 0 Å². The number of phenolic OH excluding ortho intramolecular Hbond substituents is 1. The number of thiophene rings is 1. The highest BCUT2D eigenvalue weighted by Crippen LogP contribution is 2.41. The molecule has 0 aliphatic carbocycles. The van der Waals surface area contributed by atoms with Gasteiger partial charge in [0.1, 0.15) is 5.75 Å². The van der Waals surface area contributed by atoms with Gasteiger partial charge in [-0.3, -0.25) is 9.59 Å². The molecule has 0 unspecified atom stereocenters. The molecule has 32 heavy (non-hydrogen) atoms. The largest absolute Gasteiger partial charge is 0.508 e. The Balaban J connectivity index is 1.63. The van der Waals surface area contributed by atoms with Gasteiger partial charge in [0.2, 0.25) is 5.91 Å². The molecule has 5 heteroatoms. The Hall–Kier alpha value is -3.44. The summed E-state index contributed by atoms with van der Waals surface area (Å²) >= 11 is 1.52. The third-order valence-electron chi connectivity index (χ3n) is 5.51. The van der Waals surface area contributed by atoms with Crippen molar-refractivity contribution < 1.29 is 14.7 Å². The maximum atomic E-state index is 13.6. The van der Waals surface area contributed by atoms with Crippen molar-refractivity contribution in [1.29, 1.82) is 0 Å². The molecule has 4 nitrogen and oxygen atoms in total. The predicted octanol–water partition coefficient (Wildman–Crippen LogP) is 5.92. The molecular formula is C27H25NO3S. The molecule has 1 N–H and O–H groups in total. The van der Waals surface area contributed by atoms with E-state index in [0.717, 1.165) is 38.9 Å². The van der Waals surface area contributed by atoms with Crippen molar-refractivity contribution in [3.05, 3.63) is 89.5 Å². The minimum atomic E-state index is -0.0323. The molecule has 0 aliphatic rings. The van der Waals surface area contributed by atoms with E-state index in [4.69, 9.17) is 0 Å². The molecule has 3 aromatic carbocycles. The van der Waals surface area contributed by atoms with Crippen LogP contribution in [0.15, 0.2) is 72.8 Å². The average molecular weight is 444 g/mol. The van der Waals surface area contributed by atoms with Gasteiger partial charge in [0, 0.05) is 46.6 Å². The summed E-state index contributed by atoms with van der Waals surface area (Å²) in [5.41, 5.74) is 3.39. The van der Waals surface area contributed by atoms with Gasteiger partial charge in [0.05, 0.1) is 0 Å². The Morgan fingerprint density at radius 3 is 2.34 bits per heavy atom. The fourth-order valence-corrected chi connectivity index (χ4v) is 4.98. The number of amides is 1. The average Bonchev–Trinajstić information content (AvgIpc) is 3.18. The maximum absolute atomic E-state index is 13.6. The number of aromatic hydroxyl groups is 1. The Morgan fingerprint density at radius 2 is 1.66 bits per heavy atom. The molecule has 0 atom stereocenters. The van der Waals surface area contributed by atoms with E-state index in [9.17, 15) is 14.7 Å². The predicted molar refractivity (Wildman–Crippen MR) is 130 cm³/mol. The lowest BCUT2D eigenvalue weighted by Gasteiger charge is -2.10. The van der Waals surface area contributed by atoms with Crippen molar-refractivity contribution in [2.45, 2.75) is 19.3 Å². The highest BCUT2D eigenvalue weighted by molar-refractivity contribution is 7.22. The summed E-state index contributed by atoms with van der Waals surface area (Å²) in [6.07, 6.45) is 2.09. The monoisotopic (exact) mass is 443 g/mol. The first-order valence-electron chi connectivity index (χ1n) is 10.6. The number of carbonyl (C=O) groups is 2. The second-order valence-corrected chi connectivity index (χ2v) is 9.07. The van der Waals surface area contributed by atoms with Crippen molar-refractivity contribution in [2.24, 2.45) is 0 Å². The van der Waals surface area contributed by atoms with Crippen LogP contribution in [-0.2, 0) is 11.2 Å². The van der Waals surface area contributed by atoms with Crippen molar-refractivity contribution >= 4 is 33.1 Å². The third-order valence-corrected chi connectivity index (χ3v) is 6.71. The van der Waals surface area contributed by atoms with E-state index in [1.54, 1.807) is 31.1 Å². The van der Waals surface area contributed by atoms with Gasteiger partial charge in [0.15, 0.2) is 5.78 Å². The fraction of sp³-hybridized carbons (Fsp3) is 0.185. The number of hydrogen-bond donors (Lipinski definition) is 1. The first-order chi connectivity index (χ1) is 15.4. The van der Waals surface area contributed by atoms with Gasteiger partial charge in [-0.2, -0.15) is 0 Å². The van der Waals surface area contributed by atoms with E-state index < -0.39 is 0 Å². The first kappa shape index (κ1) is 21.8. The van der Waals surface area contributed by atoms with Crippen LogP contribution in [0.1, 0.15) is 34.3 Å². The summed E-state index contributed by atoms with van der Waals surface area (Å²) in [6.45, 7) is 0. The van der Waals surface area contributed by atoms with Crippen LogP contribution in [0.25, 0.3) is 20.5 Å². The normalized spacial score (nSPS) is 10.9. The molecule has 4 aromatic rings. The molecule has 0 spiro atoms. The maximum Gasteiger partial charge on any atom is 0.222 e. The smallest absolute Gasteiger partial charge is 0.222 e. The van der Waals surface area contributed by atoms with Gasteiger partial charge in [-0.25, -0.2) is 0 Å². The summed E-state index contributed by atoms with van der Waals surface area (Å²) < 4.78 is 0.884. The lowest BCUT2D eigenvalue weighted by molar-refractivity contribution is -0.128. The summed E-state index contributed by atoms with van der Waals surface area (Å²) in [5.74, 6) is 0.283. The summed E-state index contributed by atoms with van der Waals surface area (Å²) in [6, 6.07) is 22.7. The molecule has 0 fully saturated rings. The molecule has 162 valence electrons. The van der Waals surface area contributed by atoms with E-state index >= 15 is 0 Å². The molecule has 0 aliphatic heterocycles. The van der Waals surface area contributed by atoms with Crippen molar-refractivity contribution in [3.8, 4) is 16.2 Å². The number of carbonyl (C=O) groups excluding carboxylic acids is 2. The number of ketones is 1. The van der Waals surface area contributed by atoms with Gasteiger partial charge in [-0.05, 0) is 42.2 Å². The number of aryl methyl sites for hydroxylation is 1. The SMILES string of the molecule is CN(C)C(=O)CCCc1ccc(C(=O)c2c(-c3ccccc3)sc3cc(O)ccc23)cc1. The van der Waals surface area contributed by atoms with Crippen LogP contribution < -0.4 is 0 Å². The van der Waals surface area contributed by atoms with Gasteiger partial charge in [-0.15, -0.1) is 11.3 Å². The molecule has 0 bridgehead atoms. The summed E-state index contributed by atoms with van der Waals surface area (Å²) in [4.78, 5) is 27.8. The molecule has 0 saturated heterocycles. The van der Waals surface area contributed by atoms with Crippen LogP contribution in [0.5, 0.6) is 5.75 Å². The van der Waals surface area contributed by atoms with Crippen molar-refractivity contribution in [2.75, 3.05) is 14.1 Å². The topological polar surface area (TPSA) is 57.6 Å². The van der Waals surface area contributed by atoms with Crippen LogP contribution >= 0.6 is 11.3 Å². The quantitative estimate of drug-likeness (QED) is 0.361. The number of nitrogens with zero attached hydrogens (tertiary/aromatic N) is 1. The molecule has 1 aromatic heterocycles. The van der Waals surface area contributed by atoms with Gasteiger partial charge in [-0.1, -0.05) is 54.6 Å². The van der Waals surface area contributed by atoms with E-state index in [0.29, 0.717) is 17.5 Å². The van der Waals surface area contributed by atoms with Crippen LogP contribution in [0.2, 0.25) is 0 Å². The lowest BCUT2D eigenvalue weighted by Crippen LogP contribution is -2.21. The summed E-state index contributed by atoms with van der Waals surface area (Å²) in [5, 5.41) is 10.8. The molecular weight excluding hydrogens is 418 g/mol. The zero-order valence-corrected chi connectivity index (χ0v) is 19.0.